The first kappa shape index (κ1) is 9.98. The van der Waals surface area contributed by atoms with Gasteiger partial charge in [0.1, 0.15) is 5.69 Å². The zero-order valence-electron chi connectivity index (χ0n) is 7.49. The highest BCUT2D eigenvalue weighted by Crippen LogP contribution is 2.00. The summed E-state index contributed by atoms with van der Waals surface area (Å²) in [5.74, 6) is -0.165. The van der Waals surface area contributed by atoms with Crippen molar-refractivity contribution in [2.24, 2.45) is 5.92 Å². The zero-order valence-corrected chi connectivity index (χ0v) is 8.31. The van der Waals surface area contributed by atoms with E-state index in [-0.39, 0.29) is 10.6 Å². The molecule has 1 N–H and O–H groups in total. The Labute approximate surface area is 79.6 Å². The van der Waals surface area contributed by atoms with Crippen LogP contribution < -0.4 is 4.87 Å². The first-order chi connectivity index (χ1) is 6.09. The highest BCUT2D eigenvalue weighted by atomic mass is 32.1. The van der Waals surface area contributed by atoms with Crippen molar-refractivity contribution in [3.63, 3.8) is 0 Å². The number of ether oxygens (including phenoxy) is 1. The molecule has 0 fully saturated rings. The van der Waals surface area contributed by atoms with E-state index in [9.17, 15) is 9.59 Å². The number of esters is 1. The van der Waals surface area contributed by atoms with Crippen LogP contribution in [0, 0.1) is 5.92 Å². The number of nitrogens with one attached hydrogen (secondary N) is 1. The molecule has 5 heteroatoms. The van der Waals surface area contributed by atoms with Crippen molar-refractivity contribution in [2.75, 3.05) is 6.61 Å². The quantitative estimate of drug-likeness (QED) is 0.749. The van der Waals surface area contributed by atoms with Crippen molar-refractivity contribution in [1.29, 1.82) is 0 Å². The van der Waals surface area contributed by atoms with Gasteiger partial charge in [-0.2, -0.15) is 0 Å². The minimum atomic E-state index is -0.466. The first-order valence-electron chi connectivity index (χ1n) is 3.94. The molecule has 0 saturated heterocycles. The van der Waals surface area contributed by atoms with Crippen LogP contribution in [0.2, 0.25) is 0 Å². The molecule has 0 aliphatic carbocycles. The molecule has 0 bridgehead atoms. The van der Waals surface area contributed by atoms with Crippen molar-refractivity contribution in [3.8, 4) is 0 Å². The molecule has 0 amide bonds. The average Bonchev–Trinajstić information content (AvgIpc) is 2.47. The molecule has 72 valence electrons. The van der Waals surface area contributed by atoms with Gasteiger partial charge >= 0.3 is 10.8 Å². The Morgan fingerprint density at radius 1 is 1.69 bits per heavy atom. The molecule has 0 radical (unpaired) electrons. The molecule has 0 aliphatic rings. The van der Waals surface area contributed by atoms with Crippen molar-refractivity contribution in [3.05, 3.63) is 20.7 Å². The zero-order chi connectivity index (χ0) is 9.84. The Kier molecular flexibility index (Phi) is 3.25. The Morgan fingerprint density at radius 3 is 2.85 bits per heavy atom. The number of carbonyl (C=O) groups excluding carboxylic acids is 1. The summed E-state index contributed by atoms with van der Waals surface area (Å²) in [6, 6.07) is 0. The van der Waals surface area contributed by atoms with E-state index in [1.165, 1.54) is 5.38 Å². The molecule has 0 unspecified atom stereocenters. The monoisotopic (exact) mass is 201 g/mol. The Hall–Kier alpha value is -1.10. The van der Waals surface area contributed by atoms with Crippen LogP contribution in [0.3, 0.4) is 0 Å². The SMILES string of the molecule is CC(C)COC(=O)c1csc(=O)[nH]1. The van der Waals surface area contributed by atoms with Gasteiger partial charge in [-0.3, -0.25) is 4.79 Å². The molecule has 4 nitrogen and oxygen atoms in total. The smallest absolute Gasteiger partial charge is 0.355 e. The van der Waals surface area contributed by atoms with Crippen LogP contribution in [0.1, 0.15) is 24.3 Å². The van der Waals surface area contributed by atoms with E-state index in [4.69, 9.17) is 4.74 Å². The molecule has 1 rings (SSSR count). The summed E-state index contributed by atoms with van der Waals surface area (Å²) < 4.78 is 4.90. The second-order valence-electron chi connectivity index (χ2n) is 3.05. The number of thiazole rings is 1. The molecule has 1 aromatic rings. The second kappa shape index (κ2) is 4.23. The Morgan fingerprint density at radius 2 is 2.38 bits per heavy atom. The lowest BCUT2D eigenvalue weighted by atomic mass is 10.2. The molecule has 1 heterocycles. The number of aromatic nitrogens is 1. The fraction of sp³-hybridized carbons (Fsp3) is 0.500. The minimum Gasteiger partial charge on any atom is -0.461 e. The van der Waals surface area contributed by atoms with Gasteiger partial charge in [-0.15, -0.1) is 0 Å². The standard InChI is InChI=1S/C8H11NO3S/c1-5(2)3-12-7(10)6-4-13-8(11)9-6/h4-5H,3H2,1-2H3,(H,9,11). The van der Waals surface area contributed by atoms with Crippen molar-refractivity contribution in [1.82, 2.24) is 4.98 Å². The highest BCUT2D eigenvalue weighted by Gasteiger charge is 2.09. The van der Waals surface area contributed by atoms with E-state index >= 15 is 0 Å². The molecular weight excluding hydrogens is 190 g/mol. The van der Waals surface area contributed by atoms with Crippen molar-refractivity contribution < 1.29 is 9.53 Å². The van der Waals surface area contributed by atoms with Crippen LogP contribution in [0.15, 0.2) is 10.2 Å². The van der Waals surface area contributed by atoms with Gasteiger partial charge in [-0.05, 0) is 5.92 Å². The minimum absolute atomic E-state index is 0.232. The van der Waals surface area contributed by atoms with Crippen LogP contribution in [0.25, 0.3) is 0 Å². The van der Waals surface area contributed by atoms with Gasteiger partial charge < -0.3 is 9.72 Å². The second-order valence-corrected chi connectivity index (χ2v) is 3.90. The predicted octanol–water partition coefficient (Wildman–Crippen LogP) is 1.25. The fourth-order valence-electron chi connectivity index (χ4n) is 0.701. The lowest BCUT2D eigenvalue weighted by Crippen LogP contribution is -2.11. The van der Waals surface area contributed by atoms with E-state index in [1.54, 1.807) is 0 Å². The summed E-state index contributed by atoms with van der Waals surface area (Å²) in [5, 5.41) is 1.46. The van der Waals surface area contributed by atoms with Crippen LogP contribution >= 0.6 is 11.3 Å². The van der Waals surface area contributed by atoms with Gasteiger partial charge in [0.2, 0.25) is 0 Å². The van der Waals surface area contributed by atoms with Gasteiger partial charge in [-0.1, -0.05) is 25.2 Å². The van der Waals surface area contributed by atoms with Crippen LogP contribution in [-0.4, -0.2) is 17.6 Å². The number of hydrogen-bond donors (Lipinski definition) is 1. The maximum Gasteiger partial charge on any atom is 0.355 e. The maximum absolute atomic E-state index is 11.2. The predicted molar refractivity (Wildman–Crippen MR) is 50.1 cm³/mol. The van der Waals surface area contributed by atoms with Gasteiger partial charge in [0, 0.05) is 5.38 Å². The lowest BCUT2D eigenvalue weighted by molar-refractivity contribution is 0.0453. The highest BCUT2D eigenvalue weighted by molar-refractivity contribution is 7.07. The maximum atomic E-state index is 11.2. The summed E-state index contributed by atoms with van der Waals surface area (Å²) in [6.07, 6.45) is 0. The summed E-state index contributed by atoms with van der Waals surface area (Å²) in [4.78, 5) is 24.0. The molecular formula is C8H11NO3S. The van der Waals surface area contributed by atoms with E-state index in [0.717, 1.165) is 11.3 Å². The van der Waals surface area contributed by atoms with Crippen molar-refractivity contribution in [2.45, 2.75) is 13.8 Å². The first-order valence-corrected chi connectivity index (χ1v) is 4.82. The summed E-state index contributed by atoms with van der Waals surface area (Å²) in [7, 11) is 0. The number of aromatic amines is 1. The average molecular weight is 201 g/mol. The molecule has 0 spiro atoms. The van der Waals surface area contributed by atoms with E-state index in [2.05, 4.69) is 4.98 Å². The molecule has 0 aliphatic heterocycles. The third kappa shape index (κ3) is 3.02. The van der Waals surface area contributed by atoms with Crippen LogP contribution in [0.5, 0.6) is 0 Å². The van der Waals surface area contributed by atoms with Gasteiger partial charge in [-0.25, -0.2) is 4.79 Å². The number of carbonyl (C=O) groups is 1. The van der Waals surface area contributed by atoms with E-state index < -0.39 is 5.97 Å². The molecule has 1 aromatic heterocycles. The summed E-state index contributed by atoms with van der Waals surface area (Å²) >= 11 is 0.955. The van der Waals surface area contributed by atoms with E-state index in [0.29, 0.717) is 12.5 Å². The van der Waals surface area contributed by atoms with Gasteiger partial charge in [0.15, 0.2) is 0 Å². The topological polar surface area (TPSA) is 59.2 Å². The van der Waals surface area contributed by atoms with Crippen LogP contribution in [-0.2, 0) is 4.74 Å². The fourth-order valence-corrected chi connectivity index (χ4v) is 1.25. The normalized spacial score (nSPS) is 10.4. The molecule has 0 atom stereocenters. The molecule has 0 aromatic carbocycles. The Bertz CT molecular complexity index is 339. The molecule has 13 heavy (non-hydrogen) atoms. The molecule has 0 saturated carbocycles. The number of hydrogen-bond acceptors (Lipinski definition) is 4. The number of H-pyrrole nitrogens is 1. The summed E-state index contributed by atoms with van der Waals surface area (Å²) in [6.45, 7) is 4.27. The van der Waals surface area contributed by atoms with Gasteiger partial charge in [0.05, 0.1) is 6.61 Å². The van der Waals surface area contributed by atoms with E-state index in [1.807, 2.05) is 13.8 Å². The van der Waals surface area contributed by atoms with Gasteiger partial charge in [0.25, 0.3) is 0 Å². The largest absolute Gasteiger partial charge is 0.461 e. The summed E-state index contributed by atoms with van der Waals surface area (Å²) in [5.41, 5.74) is 0.232. The third-order valence-electron chi connectivity index (χ3n) is 1.29. The van der Waals surface area contributed by atoms with Crippen molar-refractivity contribution >= 4 is 17.3 Å². The van der Waals surface area contributed by atoms with Crippen LogP contribution in [0.4, 0.5) is 0 Å². The third-order valence-corrected chi connectivity index (χ3v) is 1.96. The Balaban J connectivity index is 2.54. The lowest BCUT2D eigenvalue weighted by Gasteiger charge is -2.04. The number of rotatable bonds is 3.